The zero-order valence-electron chi connectivity index (χ0n) is 16.8. The van der Waals surface area contributed by atoms with Gasteiger partial charge in [-0.25, -0.2) is 0 Å². The van der Waals surface area contributed by atoms with E-state index in [2.05, 4.69) is 4.90 Å². The van der Waals surface area contributed by atoms with Crippen LogP contribution in [0, 0.1) is 0 Å². The monoisotopic (exact) mass is 433 g/mol. The van der Waals surface area contributed by atoms with Gasteiger partial charge in [0.15, 0.2) is 0 Å². The van der Waals surface area contributed by atoms with Crippen molar-refractivity contribution >= 4 is 30.7 Å². The van der Waals surface area contributed by atoms with Crippen LogP contribution in [0.2, 0.25) is 0 Å². The first kappa shape index (κ1) is 24.8. The first-order chi connectivity index (χ1) is 12.5. The van der Waals surface area contributed by atoms with Gasteiger partial charge >= 0.3 is 0 Å². The van der Waals surface area contributed by atoms with Crippen LogP contribution in [0.15, 0.2) is 18.2 Å². The SMILES string of the molecule is COc1cc(CN2CCN(C(=O)C3(N)CCCCC3)CC2)cc(OC)c1.Cl.Cl. The summed E-state index contributed by atoms with van der Waals surface area (Å²) in [5.41, 5.74) is 6.95. The fraction of sp³-hybridized carbons (Fsp3) is 0.650. The molecule has 0 bridgehead atoms. The molecule has 0 unspecified atom stereocenters. The third-order valence-electron chi connectivity index (χ3n) is 5.65. The Balaban J connectivity index is 0.00000196. The van der Waals surface area contributed by atoms with Crippen LogP contribution in [0.3, 0.4) is 0 Å². The lowest BCUT2D eigenvalue weighted by molar-refractivity contribution is -0.140. The maximum absolute atomic E-state index is 12.9. The summed E-state index contributed by atoms with van der Waals surface area (Å²) in [5, 5.41) is 0. The van der Waals surface area contributed by atoms with Crippen LogP contribution >= 0.6 is 24.8 Å². The predicted molar refractivity (Wildman–Crippen MR) is 116 cm³/mol. The van der Waals surface area contributed by atoms with Gasteiger partial charge in [0.25, 0.3) is 0 Å². The van der Waals surface area contributed by atoms with E-state index < -0.39 is 5.54 Å². The summed E-state index contributed by atoms with van der Waals surface area (Å²) in [4.78, 5) is 17.2. The van der Waals surface area contributed by atoms with E-state index in [-0.39, 0.29) is 30.7 Å². The molecule has 1 aliphatic carbocycles. The van der Waals surface area contributed by atoms with Gasteiger partial charge in [-0.15, -0.1) is 24.8 Å². The maximum atomic E-state index is 12.9. The molecule has 1 aliphatic heterocycles. The van der Waals surface area contributed by atoms with Crippen LogP contribution in [0.4, 0.5) is 0 Å². The summed E-state index contributed by atoms with van der Waals surface area (Å²) < 4.78 is 10.7. The molecule has 1 aromatic carbocycles. The van der Waals surface area contributed by atoms with Crippen LogP contribution in [-0.4, -0.2) is 61.6 Å². The average Bonchev–Trinajstić information content (AvgIpc) is 2.68. The van der Waals surface area contributed by atoms with Crippen molar-refractivity contribution in [2.45, 2.75) is 44.2 Å². The lowest BCUT2D eigenvalue weighted by Gasteiger charge is -2.41. The highest BCUT2D eigenvalue weighted by atomic mass is 35.5. The molecule has 0 spiro atoms. The van der Waals surface area contributed by atoms with Gasteiger partial charge in [-0.2, -0.15) is 0 Å². The fourth-order valence-corrected chi connectivity index (χ4v) is 4.04. The molecule has 2 fully saturated rings. The third kappa shape index (κ3) is 5.89. The minimum atomic E-state index is -0.624. The fourth-order valence-electron chi connectivity index (χ4n) is 4.04. The van der Waals surface area contributed by atoms with E-state index in [0.717, 1.165) is 75.5 Å². The quantitative estimate of drug-likeness (QED) is 0.772. The minimum Gasteiger partial charge on any atom is -0.497 e. The molecule has 1 amide bonds. The molecule has 1 saturated carbocycles. The smallest absolute Gasteiger partial charge is 0.242 e. The highest BCUT2D eigenvalue weighted by Crippen LogP contribution is 2.28. The van der Waals surface area contributed by atoms with Crippen molar-refractivity contribution in [1.29, 1.82) is 0 Å². The number of amides is 1. The number of methoxy groups -OCH3 is 2. The lowest BCUT2D eigenvalue weighted by atomic mass is 9.81. The molecule has 8 heteroatoms. The molecule has 28 heavy (non-hydrogen) atoms. The number of halogens is 2. The van der Waals surface area contributed by atoms with Crippen LogP contribution in [-0.2, 0) is 11.3 Å². The highest BCUT2D eigenvalue weighted by molar-refractivity contribution is 5.86. The molecule has 2 N–H and O–H groups in total. The van der Waals surface area contributed by atoms with E-state index in [1.165, 1.54) is 6.42 Å². The molecule has 0 radical (unpaired) electrons. The Morgan fingerprint density at radius 2 is 1.50 bits per heavy atom. The van der Waals surface area contributed by atoms with Crippen LogP contribution in [0.25, 0.3) is 0 Å². The Hall–Kier alpha value is -1.21. The molecule has 1 aromatic rings. The number of piperazine rings is 1. The number of nitrogens with zero attached hydrogens (tertiary/aromatic N) is 2. The topological polar surface area (TPSA) is 68.0 Å². The number of carbonyl (C=O) groups excluding carboxylic acids is 1. The van der Waals surface area contributed by atoms with Gasteiger partial charge < -0.3 is 20.1 Å². The minimum absolute atomic E-state index is 0. The van der Waals surface area contributed by atoms with Crippen molar-refractivity contribution in [3.05, 3.63) is 23.8 Å². The first-order valence-corrected chi connectivity index (χ1v) is 9.57. The Bertz CT molecular complexity index is 609. The lowest BCUT2D eigenvalue weighted by Crippen LogP contribution is -2.60. The van der Waals surface area contributed by atoms with E-state index in [4.69, 9.17) is 15.2 Å². The molecule has 160 valence electrons. The third-order valence-corrected chi connectivity index (χ3v) is 5.65. The molecule has 0 aromatic heterocycles. The van der Waals surface area contributed by atoms with Crippen molar-refractivity contribution < 1.29 is 14.3 Å². The summed E-state index contributed by atoms with van der Waals surface area (Å²) in [6.07, 6.45) is 5.00. The summed E-state index contributed by atoms with van der Waals surface area (Å²) in [6, 6.07) is 5.96. The second-order valence-electron chi connectivity index (χ2n) is 7.51. The van der Waals surface area contributed by atoms with Crippen molar-refractivity contribution in [3.8, 4) is 11.5 Å². The molecule has 3 rings (SSSR count). The summed E-state index contributed by atoms with van der Waals surface area (Å²) in [5.74, 6) is 1.76. The van der Waals surface area contributed by atoms with Crippen molar-refractivity contribution in [2.75, 3.05) is 40.4 Å². The van der Waals surface area contributed by atoms with Gasteiger partial charge in [-0.1, -0.05) is 19.3 Å². The van der Waals surface area contributed by atoms with Gasteiger partial charge in [0.2, 0.25) is 5.91 Å². The van der Waals surface area contributed by atoms with Gasteiger partial charge in [0.05, 0.1) is 19.8 Å². The first-order valence-electron chi connectivity index (χ1n) is 9.57. The zero-order valence-corrected chi connectivity index (χ0v) is 18.4. The standard InChI is InChI=1S/C20H31N3O3.2ClH/c1-25-17-12-16(13-18(14-17)26-2)15-22-8-10-23(11-9-22)19(24)20(21)6-4-3-5-7-20;;/h12-14H,3-11,15,21H2,1-2H3;2*1H. The zero-order chi connectivity index (χ0) is 18.6. The second-order valence-corrected chi connectivity index (χ2v) is 7.51. The van der Waals surface area contributed by atoms with E-state index >= 15 is 0 Å². The van der Waals surface area contributed by atoms with E-state index in [1.807, 2.05) is 23.1 Å². The largest absolute Gasteiger partial charge is 0.497 e. The predicted octanol–water partition coefficient (Wildman–Crippen LogP) is 2.85. The Morgan fingerprint density at radius 3 is 2.00 bits per heavy atom. The van der Waals surface area contributed by atoms with Crippen molar-refractivity contribution in [1.82, 2.24) is 9.80 Å². The number of hydrogen-bond acceptors (Lipinski definition) is 5. The Kier molecular flexibility index (Phi) is 9.84. The second kappa shape index (κ2) is 11.1. The Labute approximate surface area is 180 Å². The number of rotatable bonds is 5. The van der Waals surface area contributed by atoms with Crippen LogP contribution in [0.5, 0.6) is 11.5 Å². The van der Waals surface area contributed by atoms with Gasteiger partial charge in [-0.05, 0) is 30.5 Å². The normalized spacial score (nSPS) is 19.2. The van der Waals surface area contributed by atoms with Gasteiger partial charge in [0, 0.05) is 38.8 Å². The highest BCUT2D eigenvalue weighted by Gasteiger charge is 2.39. The van der Waals surface area contributed by atoms with Crippen LogP contribution in [0.1, 0.15) is 37.7 Å². The molecule has 1 heterocycles. The van der Waals surface area contributed by atoms with E-state index in [0.29, 0.717) is 0 Å². The summed E-state index contributed by atoms with van der Waals surface area (Å²) in [7, 11) is 3.33. The maximum Gasteiger partial charge on any atom is 0.242 e. The van der Waals surface area contributed by atoms with E-state index in [9.17, 15) is 4.79 Å². The average molecular weight is 434 g/mol. The summed E-state index contributed by atoms with van der Waals surface area (Å²) >= 11 is 0. The molecule has 2 aliphatic rings. The molecular weight excluding hydrogens is 401 g/mol. The van der Waals surface area contributed by atoms with Crippen molar-refractivity contribution in [2.24, 2.45) is 5.73 Å². The molecule has 1 saturated heterocycles. The molecular formula is C20H33Cl2N3O3. The number of benzene rings is 1. The van der Waals surface area contributed by atoms with E-state index in [1.54, 1.807) is 14.2 Å². The summed E-state index contributed by atoms with van der Waals surface area (Å²) in [6.45, 7) is 4.05. The molecule has 6 nitrogen and oxygen atoms in total. The van der Waals surface area contributed by atoms with Gasteiger partial charge in [0.1, 0.15) is 11.5 Å². The number of hydrogen-bond donors (Lipinski definition) is 1. The van der Waals surface area contributed by atoms with Crippen molar-refractivity contribution in [3.63, 3.8) is 0 Å². The number of carbonyl (C=O) groups is 1. The number of ether oxygens (including phenoxy) is 2. The number of nitrogens with two attached hydrogens (primary N) is 1. The Morgan fingerprint density at radius 1 is 0.964 bits per heavy atom. The molecule has 0 atom stereocenters. The van der Waals surface area contributed by atoms with Gasteiger partial charge in [-0.3, -0.25) is 9.69 Å². The van der Waals surface area contributed by atoms with Crippen LogP contribution < -0.4 is 15.2 Å².